The number of ether oxygens (including phenoxy) is 2. The summed E-state index contributed by atoms with van der Waals surface area (Å²) in [5, 5.41) is 4.54. The molecule has 2 aromatic carbocycles. The summed E-state index contributed by atoms with van der Waals surface area (Å²) in [6, 6.07) is 9.34. The topological polar surface area (TPSA) is 93.7 Å². The molecule has 2 rings (SSSR count). The highest BCUT2D eigenvalue weighted by Gasteiger charge is 2.12. The molecule has 0 radical (unpaired) electrons. The second kappa shape index (κ2) is 10.1. The smallest absolute Gasteiger partial charge is 0.338 e. The molecule has 0 aliphatic heterocycles. The fourth-order valence-electron chi connectivity index (χ4n) is 2.13. The fraction of sp³-hybridized carbons (Fsp3) is 0.211. The molecule has 7 nitrogen and oxygen atoms in total. The van der Waals surface area contributed by atoms with Gasteiger partial charge in [0.1, 0.15) is 0 Å². The SMILES string of the molecule is COCc1ccc(C(=O)OCC(=O)NCC(=O)Nc2ccc(F)c(F)c2)cc1. The van der Waals surface area contributed by atoms with Gasteiger partial charge in [-0.05, 0) is 29.8 Å². The molecule has 2 amide bonds. The van der Waals surface area contributed by atoms with Gasteiger partial charge in [0.25, 0.3) is 5.91 Å². The van der Waals surface area contributed by atoms with Crippen molar-refractivity contribution in [3.8, 4) is 0 Å². The number of benzene rings is 2. The minimum atomic E-state index is -1.11. The Labute approximate surface area is 159 Å². The molecule has 9 heteroatoms. The van der Waals surface area contributed by atoms with Gasteiger partial charge in [0.2, 0.25) is 5.91 Å². The van der Waals surface area contributed by atoms with E-state index in [1.54, 1.807) is 31.4 Å². The van der Waals surface area contributed by atoms with E-state index in [2.05, 4.69) is 10.6 Å². The first-order valence-corrected chi connectivity index (χ1v) is 8.15. The van der Waals surface area contributed by atoms with Crippen LogP contribution in [0.3, 0.4) is 0 Å². The van der Waals surface area contributed by atoms with E-state index >= 15 is 0 Å². The van der Waals surface area contributed by atoms with Gasteiger partial charge in [-0.1, -0.05) is 12.1 Å². The van der Waals surface area contributed by atoms with Gasteiger partial charge >= 0.3 is 5.97 Å². The molecule has 0 saturated heterocycles. The third-order valence-electron chi connectivity index (χ3n) is 3.48. The van der Waals surface area contributed by atoms with Crippen molar-refractivity contribution in [3.63, 3.8) is 0 Å². The molecule has 0 spiro atoms. The molecule has 148 valence electrons. The van der Waals surface area contributed by atoms with Gasteiger partial charge in [-0.3, -0.25) is 9.59 Å². The lowest BCUT2D eigenvalue weighted by molar-refractivity contribution is -0.126. The Hall–Kier alpha value is -3.33. The van der Waals surface area contributed by atoms with E-state index < -0.39 is 42.6 Å². The lowest BCUT2D eigenvalue weighted by Crippen LogP contribution is -2.35. The van der Waals surface area contributed by atoms with Crippen molar-refractivity contribution in [2.75, 3.05) is 25.6 Å². The lowest BCUT2D eigenvalue weighted by atomic mass is 10.1. The van der Waals surface area contributed by atoms with Crippen molar-refractivity contribution in [2.45, 2.75) is 6.61 Å². The number of nitrogens with one attached hydrogen (secondary N) is 2. The monoisotopic (exact) mass is 392 g/mol. The summed E-state index contributed by atoms with van der Waals surface area (Å²) in [7, 11) is 1.55. The maximum Gasteiger partial charge on any atom is 0.338 e. The van der Waals surface area contributed by atoms with Crippen molar-refractivity contribution < 1.29 is 32.6 Å². The van der Waals surface area contributed by atoms with Gasteiger partial charge in [-0.15, -0.1) is 0 Å². The maximum absolute atomic E-state index is 13.1. The second-order valence-electron chi connectivity index (χ2n) is 5.66. The Morgan fingerprint density at radius 1 is 0.964 bits per heavy atom. The molecule has 28 heavy (non-hydrogen) atoms. The molecule has 0 unspecified atom stereocenters. The van der Waals surface area contributed by atoms with Crippen LogP contribution < -0.4 is 10.6 Å². The maximum atomic E-state index is 13.1. The van der Waals surface area contributed by atoms with Crippen LogP contribution >= 0.6 is 0 Å². The number of hydrogen-bond acceptors (Lipinski definition) is 5. The van der Waals surface area contributed by atoms with Crippen LogP contribution in [0, 0.1) is 11.6 Å². The van der Waals surface area contributed by atoms with E-state index in [1.807, 2.05) is 0 Å². The summed E-state index contributed by atoms with van der Waals surface area (Å²) in [6.45, 7) is -0.595. The van der Waals surface area contributed by atoms with E-state index in [-0.39, 0.29) is 11.3 Å². The van der Waals surface area contributed by atoms with Gasteiger partial charge < -0.3 is 20.1 Å². The van der Waals surface area contributed by atoms with Crippen LogP contribution in [0.25, 0.3) is 0 Å². The third kappa shape index (κ3) is 6.44. The van der Waals surface area contributed by atoms with E-state index in [1.165, 1.54) is 6.07 Å². The van der Waals surface area contributed by atoms with Gasteiger partial charge in [-0.25, -0.2) is 13.6 Å². The van der Waals surface area contributed by atoms with Crippen LogP contribution in [0.15, 0.2) is 42.5 Å². The van der Waals surface area contributed by atoms with Gasteiger partial charge in [-0.2, -0.15) is 0 Å². The number of methoxy groups -OCH3 is 1. The highest BCUT2D eigenvalue weighted by atomic mass is 19.2. The van der Waals surface area contributed by atoms with E-state index in [9.17, 15) is 23.2 Å². The van der Waals surface area contributed by atoms with Crippen LogP contribution in [-0.2, 0) is 25.7 Å². The summed E-state index contributed by atoms with van der Waals surface area (Å²) in [6.07, 6.45) is 0. The highest BCUT2D eigenvalue weighted by Crippen LogP contribution is 2.12. The summed E-state index contributed by atoms with van der Waals surface area (Å²) < 4.78 is 35.7. The Morgan fingerprint density at radius 3 is 2.32 bits per heavy atom. The number of esters is 1. The van der Waals surface area contributed by atoms with Crippen LogP contribution in [0.4, 0.5) is 14.5 Å². The van der Waals surface area contributed by atoms with Crippen LogP contribution in [0.1, 0.15) is 15.9 Å². The van der Waals surface area contributed by atoms with E-state index in [0.717, 1.165) is 17.7 Å². The summed E-state index contributed by atoms with van der Waals surface area (Å²) in [5.74, 6) is -4.18. The third-order valence-corrected chi connectivity index (χ3v) is 3.48. The number of anilines is 1. The molecule has 0 heterocycles. The predicted molar refractivity (Wildman–Crippen MR) is 95.4 cm³/mol. The molecule has 0 atom stereocenters. The van der Waals surface area contributed by atoms with Crippen molar-refractivity contribution in [2.24, 2.45) is 0 Å². The number of halogens is 2. The molecule has 0 aliphatic rings. The molecule has 0 saturated carbocycles. The van der Waals surface area contributed by atoms with E-state index in [4.69, 9.17) is 9.47 Å². The number of carbonyl (C=O) groups excluding carboxylic acids is 3. The fourth-order valence-corrected chi connectivity index (χ4v) is 2.13. The molecular formula is C19H18F2N2O5. The normalized spacial score (nSPS) is 10.2. The Bertz CT molecular complexity index is 856. The minimum Gasteiger partial charge on any atom is -0.452 e. The average molecular weight is 392 g/mol. The van der Waals surface area contributed by atoms with Crippen molar-refractivity contribution in [1.29, 1.82) is 0 Å². The van der Waals surface area contributed by atoms with Gasteiger partial charge in [0.15, 0.2) is 18.2 Å². The minimum absolute atomic E-state index is 0.0431. The van der Waals surface area contributed by atoms with Crippen LogP contribution in [-0.4, -0.2) is 38.0 Å². The number of rotatable bonds is 8. The van der Waals surface area contributed by atoms with E-state index in [0.29, 0.717) is 6.61 Å². The molecular weight excluding hydrogens is 374 g/mol. The number of amides is 2. The van der Waals surface area contributed by atoms with Gasteiger partial charge in [0.05, 0.1) is 18.7 Å². The molecule has 0 aromatic heterocycles. The standard InChI is InChI=1S/C19H18F2N2O5/c1-27-10-12-2-4-13(5-3-12)19(26)28-11-18(25)22-9-17(24)23-14-6-7-15(20)16(21)8-14/h2-8H,9-11H2,1H3,(H,22,25)(H,23,24). The van der Waals surface area contributed by atoms with Crippen molar-refractivity contribution >= 4 is 23.5 Å². The molecule has 0 aliphatic carbocycles. The van der Waals surface area contributed by atoms with Crippen LogP contribution in [0.5, 0.6) is 0 Å². The molecule has 2 N–H and O–H groups in total. The second-order valence-corrected chi connectivity index (χ2v) is 5.66. The quantitative estimate of drug-likeness (QED) is 0.671. The molecule has 2 aromatic rings. The Kier molecular flexibility index (Phi) is 7.58. The summed E-state index contributed by atoms with van der Waals surface area (Å²) in [5.41, 5.74) is 1.19. The zero-order chi connectivity index (χ0) is 20.5. The largest absolute Gasteiger partial charge is 0.452 e. The first-order chi connectivity index (χ1) is 13.4. The number of hydrogen-bond donors (Lipinski definition) is 2. The lowest BCUT2D eigenvalue weighted by Gasteiger charge is -2.08. The van der Waals surface area contributed by atoms with Crippen molar-refractivity contribution in [3.05, 3.63) is 65.2 Å². The zero-order valence-electron chi connectivity index (χ0n) is 15.0. The average Bonchev–Trinajstić information content (AvgIpc) is 2.68. The highest BCUT2D eigenvalue weighted by molar-refractivity contribution is 5.95. The van der Waals surface area contributed by atoms with Crippen LogP contribution in [0.2, 0.25) is 0 Å². The number of carbonyl (C=O) groups is 3. The predicted octanol–water partition coefficient (Wildman–Crippen LogP) is 2.02. The zero-order valence-corrected chi connectivity index (χ0v) is 15.0. The molecule has 0 fully saturated rings. The van der Waals surface area contributed by atoms with Crippen molar-refractivity contribution in [1.82, 2.24) is 5.32 Å². The summed E-state index contributed by atoms with van der Waals surface area (Å²) in [4.78, 5) is 35.3. The Morgan fingerprint density at radius 2 is 1.68 bits per heavy atom. The molecule has 0 bridgehead atoms. The summed E-state index contributed by atoms with van der Waals surface area (Å²) >= 11 is 0. The first-order valence-electron chi connectivity index (χ1n) is 8.15. The Balaban J connectivity index is 1.73. The first kappa shape index (κ1) is 21.0. The van der Waals surface area contributed by atoms with Gasteiger partial charge in [0, 0.05) is 18.9 Å².